The third-order valence-electron chi connectivity index (χ3n) is 6.42. The molecule has 1 amide bonds. The molecule has 0 saturated carbocycles. The minimum atomic E-state index is -0.520. The van der Waals surface area contributed by atoms with Crippen molar-refractivity contribution in [1.82, 2.24) is 15.1 Å². The van der Waals surface area contributed by atoms with Gasteiger partial charge in [-0.05, 0) is 56.0 Å². The molecular weight excluding hydrogens is 468 g/mol. The number of amidine groups is 1. The van der Waals surface area contributed by atoms with E-state index < -0.39 is 12.0 Å². The van der Waals surface area contributed by atoms with Gasteiger partial charge in [-0.1, -0.05) is 17.8 Å². The molecule has 9 nitrogen and oxygen atoms in total. The fourth-order valence-corrected chi connectivity index (χ4v) is 5.63. The minimum absolute atomic E-state index is 0.0609. The van der Waals surface area contributed by atoms with Crippen molar-refractivity contribution < 1.29 is 23.8 Å². The zero-order valence-electron chi connectivity index (χ0n) is 20.6. The van der Waals surface area contributed by atoms with Gasteiger partial charge in [0.25, 0.3) is 0 Å². The van der Waals surface area contributed by atoms with E-state index in [1.54, 1.807) is 21.1 Å². The van der Waals surface area contributed by atoms with Crippen LogP contribution in [-0.2, 0) is 14.3 Å². The van der Waals surface area contributed by atoms with Crippen molar-refractivity contribution in [2.75, 3.05) is 47.5 Å². The molecule has 10 heteroatoms. The van der Waals surface area contributed by atoms with Gasteiger partial charge in [0, 0.05) is 18.8 Å². The van der Waals surface area contributed by atoms with Gasteiger partial charge in [-0.15, -0.1) is 0 Å². The summed E-state index contributed by atoms with van der Waals surface area (Å²) in [6.07, 6.45) is 2.63. The van der Waals surface area contributed by atoms with Crippen LogP contribution in [0.1, 0.15) is 37.8 Å². The van der Waals surface area contributed by atoms with Gasteiger partial charge in [-0.2, -0.15) is 0 Å². The van der Waals surface area contributed by atoms with Gasteiger partial charge in [-0.25, -0.2) is 9.79 Å². The maximum absolute atomic E-state index is 12.9. The molecule has 1 atom stereocenters. The van der Waals surface area contributed by atoms with Crippen molar-refractivity contribution >= 4 is 28.8 Å². The lowest BCUT2D eigenvalue weighted by molar-refractivity contribution is -0.136. The summed E-state index contributed by atoms with van der Waals surface area (Å²) in [6, 6.07) is 5.02. The number of carbonyl (C=O) groups excluding carboxylic acids is 2. The van der Waals surface area contributed by atoms with Crippen LogP contribution in [0.15, 0.2) is 45.6 Å². The number of methoxy groups -OCH3 is 3. The lowest BCUT2D eigenvalue weighted by atomic mass is 9.93. The zero-order valence-corrected chi connectivity index (χ0v) is 21.4. The summed E-state index contributed by atoms with van der Waals surface area (Å²) < 4.78 is 16.0. The van der Waals surface area contributed by atoms with Crippen LogP contribution >= 0.6 is 11.8 Å². The Balaban J connectivity index is 1.59. The number of allylic oxidation sites excluding steroid dienone is 1. The monoisotopic (exact) mass is 500 g/mol. The number of aliphatic imine (C=N–C) groups is 1. The van der Waals surface area contributed by atoms with Crippen LogP contribution in [0.4, 0.5) is 0 Å². The molecule has 1 saturated heterocycles. The molecule has 0 aromatic heterocycles. The number of hydrogen-bond donors (Lipinski definition) is 1. The summed E-state index contributed by atoms with van der Waals surface area (Å²) in [7, 11) is 4.51. The summed E-state index contributed by atoms with van der Waals surface area (Å²) >= 11 is 1.45. The highest BCUT2D eigenvalue weighted by Crippen LogP contribution is 2.46. The third-order valence-corrected chi connectivity index (χ3v) is 7.31. The molecule has 188 valence electrons. The van der Waals surface area contributed by atoms with Gasteiger partial charge in [0.05, 0.1) is 45.1 Å². The fraction of sp³-hybridized carbons (Fsp3) is 0.480. The Kier molecular flexibility index (Phi) is 8.02. The summed E-state index contributed by atoms with van der Waals surface area (Å²) in [5.74, 6) is 0.615. The molecule has 1 N–H and O–H groups in total. The van der Waals surface area contributed by atoms with Crippen LogP contribution in [-0.4, -0.2) is 74.4 Å². The number of fused-ring (bicyclic) bond motifs is 1. The first kappa shape index (κ1) is 25.1. The number of hydrogen-bond acceptors (Lipinski definition) is 9. The summed E-state index contributed by atoms with van der Waals surface area (Å²) in [5.41, 5.74) is 2.59. The number of nitrogens with one attached hydrogen (secondary N) is 1. The highest BCUT2D eigenvalue weighted by Gasteiger charge is 2.41. The van der Waals surface area contributed by atoms with E-state index >= 15 is 0 Å². The lowest BCUT2D eigenvalue weighted by Gasteiger charge is -2.36. The molecule has 0 aliphatic carbocycles. The normalized spacial score (nSPS) is 19.8. The van der Waals surface area contributed by atoms with Crippen molar-refractivity contribution in [3.8, 4) is 11.5 Å². The Bertz CT molecular complexity index is 1080. The van der Waals surface area contributed by atoms with Gasteiger partial charge in [0.15, 0.2) is 16.7 Å². The van der Waals surface area contributed by atoms with E-state index in [0.717, 1.165) is 36.1 Å². The van der Waals surface area contributed by atoms with Crippen molar-refractivity contribution in [1.29, 1.82) is 0 Å². The van der Waals surface area contributed by atoms with E-state index in [1.807, 2.05) is 28.5 Å². The Morgan fingerprint density at radius 2 is 1.89 bits per heavy atom. The molecule has 1 fully saturated rings. The number of amides is 1. The fourth-order valence-electron chi connectivity index (χ4n) is 4.67. The topological polar surface area (TPSA) is 92.7 Å². The first-order valence-electron chi connectivity index (χ1n) is 11.7. The molecule has 1 aromatic carbocycles. The van der Waals surface area contributed by atoms with Crippen molar-refractivity contribution in [2.45, 2.75) is 32.2 Å². The second kappa shape index (κ2) is 11.2. The van der Waals surface area contributed by atoms with Crippen molar-refractivity contribution in [2.24, 2.45) is 4.99 Å². The Labute approximate surface area is 210 Å². The molecule has 3 heterocycles. The Morgan fingerprint density at radius 3 is 2.57 bits per heavy atom. The van der Waals surface area contributed by atoms with Gasteiger partial charge in [0.1, 0.15) is 0 Å². The quantitative estimate of drug-likeness (QED) is 0.518. The number of ether oxygens (including phenoxy) is 3. The van der Waals surface area contributed by atoms with Crippen LogP contribution in [0, 0.1) is 0 Å². The van der Waals surface area contributed by atoms with Crippen molar-refractivity contribution in [3.63, 3.8) is 0 Å². The minimum Gasteiger partial charge on any atom is -0.493 e. The van der Waals surface area contributed by atoms with E-state index in [9.17, 15) is 9.59 Å². The van der Waals surface area contributed by atoms with Gasteiger partial charge in [0.2, 0.25) is 5.91 Å². The zero-order chi connectivity index (χ0) is 24.9. The van der Waals surface area contributed by atoms with Gasteiger partial charge in [-0.3, -0.25) is 4.79 Å². The second-order valence-electron chi connectivity index (χ2n) is 8.57. The summed E-state index contributed by atoms with van der Waals surface area (Å²) in [5, 5.41) is 5.68. The van der Waals surface area contributed by atoms with Crippen LogP contribution in [0.25, 0.3) is 0 Å². The number of carbonyl (C=O) groups is 2. The molecule has 3 aliphatic heterocycles. The predicted molar refractivity (Wildman–Crippen MR) is 135 cm³/mol. The number of esters is 1. The number of benzene rings is 1. The smallest absolute Gasteiger partial charge is 0.338 e. The van der Waals surface area contributed by atoms with Gasteiger partial charge >= 0.3 is 5.97 Å². The molecule has 0 bridgehead atoms. The number of nitrogens with zero attached hydrogens (tertiary/aromatic N) is 3. The molecular formula is C25H32N4O5S. The van der Waals surface area contributed by atoms with Crippen LogP contribution in [0.3, 0.4) is 0 Å². The Morgan fingerprint density at radius 1 is 1.14 bits per heavy atom. The van der Waals surface area contributed by atoms with Crippen LogP contribution in [0.5, 0.6) is 11.5 Å². The number of rotatable bonds is 9. The van der Waals surface area contributed by atoms with E-state index in [4.69, 9.17) is 14.2 Å². The van der Waals surface area contributed by atoms with Gasteiger partial charge < -0.3 is 29.3 Å². The van der Waals surface area contributed by atoms with Crippen molar-refractivity contribution in [3.05, 3.63) is 46.1 Å². The first-order valence-corrected chi connectivity index (χ1v) is 12.6. The largest absolute Gasteiger partial charge is 0.493 e. The predicted octanol–water partition coefficient (Wildman–Crippen LogP) is 3.05. The maximum Gasteiger partial charge on any atom is 0.338 e. The first-order chi connectivity index (χ1) is 17.0. The Hall–Kier alpha value is -2.98. The van der Waals surface area contributed by atoms with E-state index in [2.05, 4.69) is 15.2 Å². The SMILES string of the molecule is COC(=O)C1=C(C)N=C2SC=C(CC(=O)NCCN3CCCC3)N2[C@H]1c1ccc(OC)c(OC)c1. The molecule has 0 spiro atoms. The molecule has 35 heavy (non-hydrogen) atoms. The van der Waals surface area contributed by atoms with E-state index in [1.165, 1.54) is 31.7 Å². The molecule has 4 rings (SSSR count). The molecule has 0 radical (unpaired) electrons. The average molecular weight is 501 g/mol. The molecule has 0 unspecified atom stereocenters. The molecule has 1 aromatic rings. The number of thioether (sulfide) groups is 1. The summed E-state index contributed by atoms with van der Waals surface area (Å²) in [4.78, 5) is 34.7. The third kappa shape index (κ3) is 5.33. The van der Waals surface area contributed by atoms with Crippen LogP contribution < -0.4 is 14.8 Å². The second-order valence-corrected chi connectivity index (χ2v) is 9.41. The summed E-state index contributed by atoms with van der Waals surface area (Å²) in [6.45, 7) is 5.47. The maximum atomic E-state index is 12.9. The molecule has 3 aliphatic rings. The average Bonchev–Trinajstić information content (AvgIpc) is 3.52. The van der Waals surface area contributed by atoms with Crippen LogP contribution in [0.2, 0.25) is 0 Å². The number of likely N-dealkylation sites (tertiary alicyclic amines) is 1. The van der Waals surface area contributed by atoms with E-state index in [0.29, 0.717) is 29.3 Å². The van der Waals surface area contributed by atoms with E-state index in [-0.39, 0.29) is 12.3 Å². The lowest BCUT2D eigenvalue weighted by Crippen LogP contribution is -2.38. The standard InChI is InChI=1S/C25H32N4O5S/c1-16-22(24(31)34-4)23(17-7-8-19(32-2)20(13-17)33-3)29-18(15-35-25(29)27-16)14-21(30)26-9-12-28-10-5-6-11-28/h7-8,13,15,23H,5-6,9-12,14H2,1-4H3,(H,26,30)/t23-/m0/s1. The highest BCUT2D eigenvalue weighted by atomic mass is 32.2. The highest BCUT2D eigenvalue weighted by molar-refractivity contribution is 8.16.